The summed E-state index contributed by atoms with van der Waals surface area (Å²) in [5, 5.41) is 10.2. The standard InChI is InChI=1S/C14H21NO2/c1-12-4-2-3-5-13(12)14(16)6-7-15-8-10-17-11-9-15/h2-5,14,16H,6-11H2,1H3. The second-order valence-corrected chi connectivity index (χ2v) is 4.62. The Hall–Kier alpha value is -0.900. The van der Waals surface area contributed by atoms with Crippen molar-refractivity contribution in [1.82, 2.24) is 4.90 Å². The number of aliphatic hydroxyl groups is 1. The minimum Gasteiger partial charge on any atom is -0.388 e. The zero-order valence-electron chi connectivity index (χ0n) is 10.4. The highest BCUT2D eigenvalue weighted by Crippen LogP contribution is 2.20. The molecule has 94 valence electrons. The summed E-state index contributed by atoms with van der Waals surface area (Å²) in [6, 6.07) is 8.06. The Kier molecular flexibility index (Phi) is 4.54. The lowest BCUT2D eigenvalue weighted by Gasteiger charge is -2.27. The van der Waals surface area contributed by atoms with Crippen LogP contribution in [0.3, 0.4) is 0 Å². The van der Waals surface area contributed by atoms with Crippen LogP contribution in [0, 0.1) is 6.92 Å². The maximum atomic E-state index is 10.2. The molecule has 3 heteroatoms. The third kappa shape index (κ3) is 3.53. The Morgan fingerprint density at radius 1 is 1.29 bits per heavy atom. The molecular formula is C14H21NO2. The van der Waals surface area contributed by atoms with Gasteiger partial charge in [0.2, 0.25) is 0 Å². The van der Waals surface area contributed by atoms with Crippen LogP contribution in [-0.4, -0.2) is 42.9 Å². The minimum atomic E-state index is -0.348. The molecule has 0 amide bonds. The molecule has 0 saturated carbocycles. The van der Waals surface area contributed by atoms with Crippen molar-refractivity contribution in [3.05, 3.63) is 35.4 Å². The molecule has 3 nitrogen and oxygen atoms in total. The van der Waals surface area contributed by atoms with Crippen LogP contribution in [-0.2, 0) is 4.74 Å². The molecule has 17 heavy (non-hydrogen) atoms. The zero-order chi connectivity index (χ0) is 12.1. The third-order valence-electron chi connectivity index (χ3n) is 3.37. The molecule has 1 aromatic carbocycles. The first-order chi connectivity index (χ1) is 8.27. The number of aryl methyl sites for hydroxylation is 1. The van der Waals surface area contributed by atoms with Crippen molar-refractivity contribution in [3.8, 4) is 0 Å². The average Bonchev–Trinajstić information content (AvgIpc) is 2.38. The molecule has 1 fully saturated rings. The van der Waals surface area contributed by atoms with Crippen LogP contribution in [0.1, 0.15) is 23.7 Å². The van der Waals surface area contributed by atoms with E-state index in [4.69, 9.17) is 4.74 Å². The Morgan fingerprint density at radius 2 is 2.00 bits per heavy atom. The van der Waals surface area contributed by atoms with Gasteiger partial charge in [0.25, 0.3) is 0 Å². The first-order valence-corrected chi connectivity index (χ1v) is 6.31. The lowest BCUT2D eigenvalue weighted by Crippen LogP contribution is -2.37. The molecule has 0 radical (unpaired) electrons. The van der Waals surface area contributed by atoms with Gasteiger partial charge >= 0.3 is 0 Å². The van der Waals surface area contributed by atoms with Gasteiger partial charge in [-0.05, 0) is 24.5 Å². The van der Waals surface area contributed by atoms with Crippen molar-refractivity contribution in [2.45, 2.75) is 19.4 Å². The summed E-state index contributed by atoms with van der Waals surface area (Å²) in [6.45, 7) is 6.61. The average molecular weight is 235 g/mol. The van der Waals surface area contributed by atoms with Gasteiger partial charge < -0.3 is 9.84 Å². The molecule has 1 N–H and O–H groups in total. The summed E-state index contributed by atoms with van der Waals surface area (Å²) >= 11 is 0. The number of ether oxygens (including phenoxy) is 1. The van der Waals surface area contributed by atoms with Gasteiger partial charge in [0.1, 0.15) is 0 Å². The molecule has 1 heterocycles. The number of nitrogens with zero attached hydrogens (tertiary/aromatic N) is 1. The van der Waals surface area contributed by atoms with Gasteiger partial charge in [-0.1, -0.05) is 24.3 Å². The van der Waals surface area contributed by atoms with E-state index in [0.29, 0.717) is 0 Å². The largest absolute Gasteiger partial charge is 0.388 e. The summed E-state index contributed by atoms with van der Waals surface area (Å²) in [5.41, 5.74) is 2.22. The van der Waals surface area contributed by atoms with Gasteiger partial charge in [-0.2, -0.15) is 0 Å². The summed E-state index contributed by atoms with van der Waals surface area (Å²) in [5.74, 6) is 0. The van der Waals surface area contributed by atoms with Crippen LogP contribution in [0.15, 0.2) is 24.3 Å². The quantitative estimate of drug-likeness (QED) is 0.863. The molecule has 1 atom stereocenters. The van der Waals surface area contributed by atoms with E-state index in [2.05, 4.69) is 4.90 Å². The number of benzene rings is 1. The van der Waals surface area contributed by atoms with Gasteiger partial charge in [-0.25, -0.2) is 0 Å². The summed E-state index contributed by atoms with van der Waals surface area (Å²) in [4.78, 5) is 2.35. The second kappa shape index (κ2) is 6.15. The fourth-order valence-corrected chi connectivity index (χ4v) is 2.25. The first kappa shape index (κ1) is 12.6. The number of morpholine rings is 1. The van der Waals surface area contributed by atoms with Crippen molar-refractivity contribution in [2.75, 3.05) is 32.8 Å². The molecule has 0 aromatic heterocycles. The van der Waals surface area contributed by atoms with E-state index >= 15 is 0 Å². The minimum absolute atomic E-state index is 0.348. The molecule has 0 spiro atoms. The lowest BCUT2D eigenvalue weighted by molar-refractivity contribution is 0.0300. The van der Waals surface area contributed by atoms with E-state index < -0.39 is 0 Å². The first-order valence-electron chi connectivity index (χ1n) is 6.31. The topological polar surface area (TPSA) is 32.7 Å². The molecule has 2 rings (SSSR count). The fourth-order valence-electron chi connectivity index (χ4n) is 2.25. The highest BCUT2D eigenvalue weighted by Gasteiger charge is 2.14. The summed E-state index contributed by atoms with van der Waals surface area (Å²) < 4.78 is 5.31. The molecule has 1 unspecified atom stereocenters. The third-order valence-corrected chi connectivity index (χ3v) is 3.37. The van der Waals surface area contributed by atoms with E-state index in [1.807, 2.05) is 31.2 Å². The molecule has 0 aliphatic carbocycles. The van der Waals surface area contributed by atoms with E-state index in [1.165, 1.54) is 5.56 Å². The highest BCUT2D eigenvalue weighted by molar-refractivity contribution is 5.27. The van der Waals surface area contributed by atoms with Crippen LogP contribution in [0.5, 0.6) is 0 Å². The smallest absolute Gasteiger partial charge is 0.0804 e. The van der Waals surface area contributed by atoms with Crippen molar-refractivity contribution in [1.29, 1.82) is 0 Å². The van der Waals surface area contributed by atoms with E-state index in [0.717, 1.165) is 44.8 Å². The van der Waals surface area contributed by atoms with Crippen molar-refractivity contribution < 1.29 is 9.84 Å². The summed E-state index contributed by atoms with van der Waals surface area (Å²) in [6.07, 6.45) is 0.448. The number of rotatable bonds is 4. The van der Waals surface area contributed by atoms with Crippen molar-refractivity contribution >= 4 is 0 Å². The van der Waals surface area contributed by atoms with E-state index in [9.17, 15) is 5.11 Å². The van der Waals surface area contributed by atoms with Crippen molar-refractivity contribution in [2.24, 2.45) is 0 Å². The Balaban J connectivity index is 1.84. The van der Waals surface area contributed by atoms with Crippen LogP contribution in [0.4, 0.5) is 0 Å². The maximum absolute atomic E-state index is 10.2. The number of hydrogen-bond acceptors (Lipinski definition) is 3. The second-order valence-electron chi connectivity index (χ2n) is 4.62. The SMILES string of the molecule is Cc1ccccc1C(O)CCN1CCOCC1. The van der Waals surface area contributed by atoms with Gasteiger partial charge in [0.05, 0.1) is 19.3 Å². The lowest BCUT2D eigenvalue weighted by atomic mass is 10.0. The highest BCUT2D eigenvalue weighted by atomic mass is 16.5. The predicted molar refractivity (Wildman–Crippen MR) is 68.0 cm³/mol. The van der Waals surface area contributed by atoms with Gasteiger partial charge in [0, 0.05) is 19.6 Å². The van der Waals surface area contributed by atoms with Gasteiger partial charge in [0.15, 0.2) is 0 Å². The Bertz CT molecular complexity index is 348. The van der Waals surface area contributed by atoms with Crippen LogP contribution in [0.25, 0.3) is 0 Å². The van der Waals surface area contributed by atoms with Crippen LogP contribution >= 0.6 is 0 Å². The molecule has 1 aromatic rings. The fraction of sp³-hybridized carbons (Fsp3) is 0.571. The molecular weight excluding hydrogens is 214 g/mol. The van der Waals surface area contributed by atoms with Gasteiger partial charge in [-0.3, -0.25) is 4.90 Å². The zero-order valence-corrected chi connectivity index (χ0v) is 10.4. The maximum Gasteiger partial charge on any atom is 0.0804 e. The molecule has 1 aliphatic rings. The number of aliphatic hydroxyl groups excluding tert-OH is 1. The van der Waals surface area contributed by atoms with Crippen molar-refractivity contribution in [3.63, 3.8) is 0 Å². The number of hydrogen-bond donors (Lipinski definition) is 1. The van der Waals surface area contributed by atoms with E-state index in [-0.39, 0.29) is 6.10 Å². The Morgan fingerprint density at radius 3 is 2.71 bits per heavy atom. The summed E-state index contributed by atoms with van der Waals surface area (Å²) in [7, 11) is 0. The monoisotopic (exact) mass is 235 g/mol. The normalized spacial score (nSPS) is 19.2. The molecule has 1 saturated heterocycles. The molecule has 1 aliphatic heterocycles. The Labute approximate surface area is 103 Å². The van der Waals surface area contributed by atoms with Crippen LogP contribution in [0.2, 0.25) is 0 Å². The van der Waals surface area contributed by atoms with E-state index in [1.54, 1.807) is 0 Å². The predicted octanol–water partition coefficient (Wildman–Crippen LogP) is 1.75. The molecule has 0 bridgehead atoms. The van der Waals surface area contributed by atoms with Gasteiger partial charge in [-0.15, -0.1) is 0 Å². The van der Waals surface area contributed by atoms with Crippen LogP contribution < -0.4 is 0 Å².